The summed E-state index contributed by atoms with van der Waals surface area (Å²) in [6.07, 6.45) is 4.83. The summed E-state index contributed by atoms with van der Waals surface area (Å²) >= 11 is 0. The van der Waals surface area contributed by atoms with E-state index in [4.69, 9.17) is 0 Å². The minimum Gasteiger partial charge on any atom is -0.354 e. The van der Waals surface area contributed by atoms with Crippen LogP contribution in [-0.4, -0.2) is 33.9 Å². The second kappa shape index (κ2) is 8.89. The highest BCUT2D eigenvalue weighted by Crippen LogP contribution is 2.30. The van der Waals surface area contributed by atoms with Crippen molar-refractivity contribution < 1.29 is 4.79 Å². The van der Waals surface area contributed by atoms with Crippen LogP contribution >= 0.6 is 12.4 Å². The fraction of sp³-hybridized carbons (Fsp3) is 0.273. The van der Waals surface area contributed by atoms with Crippen molar-refractivity contribution in [1.82, 2.24) is 14.9 Å². The quantitative estimate of drug-likeness (QED) is 0.686. The van der Waals surface area contributed by atoms with Crippen LogP contribution in [0.15, 0.2) is 42.6 Å². The number of benzene rings is 1. The molecule has 0 saturated carbocycles. The molecule has 3 heterocycles. The lowest BCUT2D eigenvalue weighted by atomic mass is 10.1. The van der Waals surface area contributed by atoms with Crippen LogP contribution in [0.3, 0.4) is 0 Å². The molecule has 3 aromatic rings. The summed E-state index contributed by atoms with van der Waals surface area (Å²) in [5, 5.41) is 13.3. The van der Waals surface area contributed by atoms with Gasteiger partial charge in [-0.05, 0) is 56.5 Å². The minimum atomic E-state index is -0.0198. The molecule has 0 radical (unpaired) electrons. The summed E-state index contributed by atoms with van der Waals surface area (Å²) in [7, 11) is 0. The van der Waals surface area contributed by atoms with Gasteiger partial charge in [-0.15, -0.1) is 12.4 Å². The molecule has 1 saturated heterocycles. The maximum atomic E-state index is 13.2. The van der Waals surface area contributed by atoms with E-state index in [0.29, 0.717) is 22.5 Å². The lowest BCUT2D eigenvalue weighted by Crippen LogP contribution is -2.36. The van der Waals surface area contributed by atoms with E-state index in [-0.39, 0.29) is 18.3 Å². The van der Waals surface area contributed by atoms with E-state index in [1.807, 2.05) is 36.1 Å². The van der Waals surface area contributed by atoms with Gasteiger partial charge in [-0.3, -0.25) is 4.79 Å². The summed E-state index contributed by atoms with van der Waals surface area (Å²) in [6.45, 7) is 3.45. The number of likely N-dealkylation sites (tertiary alicyclic amines) is 1. The van der Waals surface area contributed by atoms with Crippen LogP contribution in [0.2, 0.25) is 0 Å². The molecule has 0 bridgehead atoms. The molecule has 1 aromatic carbocycles. The van der Waals surface area contributed by atoms with Gasteiger partial charge in [0.25, 0.3) is 5.91 Å². The van der Waals surface area contributed by atoms with Crippen LogP contribution in [-0.2, 0) is 0 Å². The number of nitrogens with zero attached hydrogens (tertiary/aromatic N) is 4. The van der Waals surface area contributed by atoms with Crippen molar-refractivity contribution in [2.45, 2.75) is 26.2 Å². The summed E-state index contributed by atoms with van der Waals surface area (Å²) in [5.74, 6) is -0.0198. The Labute approximate surface area is 176 Å². The zero-order valence-corrected chi connectivity index (χ0v) is 17.0. The molecule has 1 aliphatic heterocycles. The summed E-state index contributed by atoms with van der Waals surface area (Å²) in [4.78, 5) is 24.1. The van der Waals surface area contributed by atoms with Crippen molar-refractivity contribution in [3.05, 3.63) is 59.4 Å². The smallest absolute Gasteiger partial charge is 0.257 e. The number of carbonyl (C=O) groups is 1. The topological polar surface area (TPSA) is 81.9 Å². The Kier molecular flexibility index (Phi) is 6.30. The van der Waals surface area contributed by atoms with Crippen LogP contribution < -0.4 is 5.32 Å². The lowest BCUT2D eigenvalue weighted by molar-refractivity contribution is 0.0725. The number of hydrogen-bond donors (Lipinski definition) is 1. The van der Waals surface area contributed by atoms with E-state index in [1.165, 1.54) is 0 Å². The highest BCUT2D eigenvalue weighted by molar-refractivity contribution is 6.07. The molecule has 1 fully saturated rings. The predicted octanol–water partition coefficient (Wildman–Crippen LogP) is 4.60. The van der Waals surface area contributed by atoms with E-state index in [9.17, 15) is 10.1 Å². The van der Waals surface area contributed by atoms with Crippen molar-refractivity contribution >= 4 is 40.7 Å². The molecule has 1 amide bonds. The summed E-state index contributed by atoms with van der Waals surface area (Å²) < 4.78 is 0. The first-order chi connectivity index (χ1) is 13.7. The molecule has 148 valence electrons. The average Bonchev–Trinajstić information content (AvgIpc) is 2.74. The van der Waals surface area contributed by atoms with E-state index >= 15 is 0 Å². The number of aromatic nitrogens is 2. The van der Waals surface area contributed by atoms with E-state index in [0.717, 1.165) is 49.1 Å². The van der Waals surface area contributed by atoms with Gasteiger partial charge in [0, 0.05) is 36.1 Å². The number of halogens is 1. The van der Waals surface area contributed by atoms with Gasteiger partial charge in [0.05, 0.1) is 22.9 Å². The van der Waals surface area contributed by atoms with Gasteiger partial charge in [0.2, 0.25) is 0 Å². The number of nitrogens with one attached hydrogen (secondary N) is 1. The summed E-state index contributed by atoms with van der Waals surface area (Å²) in [6, 6.07) is 13.2. The molecule has 29 heavy (non-hydrogen) atoms. The van der Waals surface area contributed by atoms with Gasteiger partial charge in [0.1, 0.15) is 0 Å². The molecular weight excluding hydrogens is 386 g/mol. The average molecular weight is 408 g/mol. The Hall–Kier alpha value is -3.17. The number of aryl methyl sites for hydroxylation is 1. The van der Waals surface area contributed by atoms with E-state index in [2.05, 4.69) is 21.4 Å². The van der Waals surface area contributed by atoms with Gasteiger partial charge in [-0.2, -0.15) is 5.26 Å². The number of hydrogen-bond acceptors (Lipinski definition) is 5. The van der Waals surface area contributed by atoms with Gasteiger partial charge in [-0.25, -0.2) is 9.97 Å². The van der Waals surface area contributed by atoms with Crippen LogP contribution in [0.4, 0.5) is 11.4 Å². The van der Waals surface area contributed by atoms with Crippen LogP contribution in [0.25, 0.3) is 11.0 Å². The Morgan fingerprint density at radius 2 is 1.97 bits per heavy atom. The van der Waals surface area contributed by atoms with E-state index in [1.54, 1.807) is 18.3 Å². The molecule has 6 nitrogen and oxygen atoms in total. The van der Waals surface area contributed by atoms with Gasteiger partial charge >= 0.3 is 0 Å². The molecular formula is C22H22ClN5O. The number of carbonyl (C=O) groups excluding carboxylic acids is 1. The minimum absolute atomic E-state index is 0. The molecule has 0 aliphatic carbocycles. The first-order valence-electron chi connectivity index (χ1n) is 9.48. The standard InChI is InChI=1S/C22H21N5O.ClH/c1-15-8-9-18-20(26-17-7-5-6-16(12-17)13-23)19(14-24-21(18)25-15)22(28)27-10-3-2-4-11-27;/h5-9,12,14H,2-4,10-11H2,1H3,(H,24,25,26);1H. The summed E-state index contributed by atoms with van der Waals surface area (Å²) in [5.41, 5.74) is 3.98. The molecule has 2 aromatic heterocycles. The third-order valence-corrected chi connectivity index (χ3v) is 5.00. The van der Waals surface area contributed by atoms with Gasteiger partial charge < -0.3 is 10.2 Å². The first-order valence-corrected chi connectivity index (χ1v) is 9.48. The molecule has 7 heteroatoms. The number of nitriles is 1. The molecule has 1 N–H and O–H groups in total. The second-order valence-electron chi connectivity index (χ2n) is 7.04. The van der Waals surface area contributed by atoms with Gasteiger partial charge in [0.15, 0.2) is 5.65 Å². The second-order valence-corrected chi connectivity index (χ2v) is 7.04. The maximum absolute atomic E-state index is 13.2. The number of fused-ring (bicyclic) bond motifs is 1. The zero-order valence-electron chi connectivity index (χ0n) is 16.2. The SMILES string of the molecule is Cc1ccc2c(Nc3cccc(C#N)c3)c(C(=O)N3CCCCC3)cnc2n1.Cl. The molecule has 4 rings (SSSR count). The highest BCUT2D eigenvalue weighted by atomic mass is 35.5. The van der Waals surface area contributed by atoms with Crippen molar-refractivity contribution in [2.24, 2.45) is 0 Å². The van der Waals surface area contributed by atoms with Crippen molar-refractivity contribution in [3.63, 3.8) is 0 Å². The van der Waals surface area contributed by atoms with Crippen molar-refractivity contribution in [3.8, 4) is 6.07 Å². The Morgan fingerprint density at radius 1 is 1.17 bits per heavy atom. The van der Waals surface area contributed by atoms with Gasteiger partial charge in [-0.1, -0.05) is 6.07 Å². The zero-order chi connectivity index (χ0) is 19.5. The number of piperidine rings is 1. The van der Waals surface area contributed by atoms with E-state index < -0.39 is 0 Å². The number of pyridine rings is 2. The molecule has 1 aliphatic rings. The predicted molar refractivity (Wildman–Crippen MR) is 116 cm³/mol. The molecule has 0 atom stereocenters. The van der Waals surface area contributed by atoms with Crippen LogP contribution in [0.1, 0.15) is 40.9 Å². The van der Waals surface area contributed by atoms with Crippen LogP contribution in [0.5, 0.6) is 0 Å². The largest absolute Gasteiger partial charge is 0.354 e. The normalized spacial score (nSPS) is 13.4. The van der Waals surface area contributed by atoms with Crippen LogP contribution in [0, 0.1) is 18.3 Å². The first kappa shape index (κ1) is 20.6. The third-order valence-electron chi connectivity index (χ3n) is 5.00. The monoisotopic (exact) mass is 407 g/mol. The van der Waals surface area contributed by atoms with Crippen molar-refractivity contribution in [2.75, 3.05) is 18.4 Å². The number of amides is 1. The third kappa shape index (κ3) is 4.30. The molecule has 0 spiro atoms. The number of rotatable bonds is 3. The Balaban J connectivity index is 0.00000240. The fourth-order valence-electron chi connectivity index (χ4n) is 3.55. The maximum Gasteiger partial charge on any atom is 0.257 e. The lowest BCUT2D eigenvalue weighted by Gasteiger charge is -2.27. The van der Waals surface area contributed by atoms with Crippen molar-refractivity contribution in [1.29, 1.82) is 5.26 Å². The Bertz CT molecular complexity index is 1090. The molecule has 0 unspecified atom stereocenters. The Morgan fingerprint density at radius 3 is 2.72 bits per heavy atom. The highest BCUT2D eigenvalue weighted by Gasteiger charge is 2.23. The number of anilines is 2. The fourth-order valence-corrected chi connectivity index (χ4v) is 3.55.